The fourth-order valence-electron chi connectivity index (χ4n) is 2.00. The Labute approximate surface area is 144 Å². The number of amides is 1. The molecule has 22 heavy (non-hydrogen) atoms. The summed E-state index contributed by atoms with van der Waals surface area (Å²) < 4.78 is 6.09. The zero-order valence-electron chi connectivity index (χ0n) is 12.7. The van der Waals surface area contributed by atoms with E-state index in [-0.39, 0.29) is 5.91 Å². The molecule has 0 aliphatic carbocycles. The summed E-state index contributed by atoms with van der Waals surface area (Å²) in [5.74, 6) is -0.268. The number of rotatable bonds is 8. The van der Waals surface area contributed by atoms with Crippen molar-refractivity contribution in [1.29, 1.82) is 0 Å². The number of carbonyl (C=O) groups is 1. The molecule has 1 fully saturated rings. The molecule has 0 aromatic carbocycles. The van der Waals surface area contributed by atoms with Crippen molar-refractivity contribution in [3.05, 3.63) is 58.6 Å². The molecule has 1 unspecified atom stereocenters. The first kappa shape index (κ1) is 18.8. The van der Waals surface area contributed by atoms with E-state index in [9.17, 15) is 4.79 Å². The predicted molar refractivity (Wildman–Crippen MR) is 97.3 cm³/mol. The molecule has 0 spiro atoms. The van der Waals surface area contributed by atoms with Crippen LogP contribution in [0.1, 0.15) is 13.3 Å². The van der Waals surface area contributed by atoms with Crippen LogP contribution in [0.15, 0.2) is 58.6 Å². The van der Waals surface area contributed by atoms with Crippen LogP contribution in [0, 0.1) is 0 Å². The van der Waals surface area contributed by atoms with Crippen molar-refractivity contribution < 1.29 is 9.53 Å². The molecule has 4 nitrogen and oxygen atoms in total. The van der Waals surface area contributed by atoms with Crippen molar-refractivity contribution in [2.24, 2.45) is 0 Å². The van der Waals surface area contributed by atoms with E-state index in [0.29, 0.717) is 39.7 Å². The smallest absolute Gasteiger partial charge is 0.258 e. The molecule has 2 N–H and O–H groups in total. The summed E-state index contributed by atoms with van der Waals surface area (Å²) in [7, 11) is 0. The van der Waals surface area contributed by atoms with E-state index < -0.39 is 5.54 Å². The second-order valence-electron chi connectivity index (χ2n) is 4.85. The predicted octanol–water partition coefficient (Wildman–Crippen LogP) is 3.57. The third-order valence-corrected chi connectivity index (χ3v) is 4.26. The minimum atomic E-state index is -0.668. The van der Waals surface area contributed by atoms with Crippen LogP contribution in [-0.2, 0) is 9.53 Å². The lowest BCUT2D eigenvalue weighted by Crippen LogP contribution is -2.53. The summed E-state index contributed by atoms with van der Waals surface area (Å²) in [4.78, 5) is 12.7. The Balaban J connectivity index is 2.81. The molecule has 0 aromatic rings. The number of nitrogens with one attached hydrogen (secondary N) is 2. The number of thioether (sulfide) groups is 1. The van der Waals surface area contributed by atoms with Gasteiger partial charge in [-0.2, -0.15) is 0 Å². The highest BCUT2D eigenvalue weighted by Crippen LogP contribution is 2.30. The Morgan fingerprint density at radius 3 is 2.55 bits per heavy atom. The van der Waals surface area contributed by atoms with Crippen LogP contribution < -0.4 is 10.6 Å². The molecule has 6 heteroatoms. The number of hydrogen-bond acceptors (Lipinski definition) is 4. The molecule has 1 atom stereocenters. The van der Waals surface area contributed by atoms with E-state index in [1.165, 1.54) is 11.8 Å². The van der Waals surface area contributed by atoms with Crippen LogP contribution in [0.4, 0.5) is 0 Å². The maximum atomic E-state index is 12.3. The fraction of sp³-hybridized carbons (Fsp3) is 0.312. The lowest BCUT2D eigenvalue weighted by Gasteiger charge is -2.32. The largest absolute Gasteiger partial charge is 0.378 e. The van der Waals surface area contributed by atoms with Crippen LogP contribution in [0.25, 0.3) is 0 Å². The van der Waals surface area contributed by atoms with Crippen LogP contribution in [0.3, 0.4) is 0 Å². The van der Waals surface area contributed by atoms with Gasteiger partial charge < -0.3 is 15.4 Å². The average molecular weight is 385 g/mol. The normalized spacial score (nSPS) is 20.6. The zero-order valence-corrected chi connectivity index (χ0v) is 15.1. The third kappa shape index (κ3) is 5.19. The lowest BCUT2D eigenvalue weighted by molar-refractivity contribution is -0.118. The first-order valence-corrected chi connectivity index (χ1v) is 8.31. The Morgan fingerprint density at radius 1 is 1.36 bits per heavy atom. The summed E-state index contributed by atoms with van der Waals surface area (Å²) in [5, 5.41) is 6.09. The molecule has 0 bridgehead atoms. The van der Waals surface area contributed by atoms with Gasteiger partial charge in [0.15, 0.2) is 0 Å². The quantitative estimate of drug-likeness (QED) is 0.496. The van der Waals surface area contributed by atoms with Gasteiger partial charge in [-0.15, -0.1) is 0 Å². The van der Waals surface area contributed by atoms with Gasteiger partial charge in [0.05, 0.1) is 11.5 Å². The molecule has 0 saturated carbocycles. The molecule has 120 valence electrons. The van der Waals surface area contributed by atoms with Gasteiger partial charge in [0.1, 0.15) is 5.54 Å². The SMILES string of the molecule is C=C(/C=C\C)NC(=C)C1(NC(=O)C(=C)SC(=C)Br)CCOC1. The number of carbonyl (C=O) groups excluding carboxylic acids is 1. The van der Waals surface area contributed by atoms with Crippen molar-refractivity contribution in [3.8, 4) is 0 Å². The van der Waals surface area contributed by atoms with Gasteiger partial charge in [0.25, 0.3) is 5.91 Å². The number of allylic oxidation sites excluding steroid dienone is 2. The first-order chi connectivity index (χ1) is 10.3. The van der Waals surface area contributed by atoms with E-state index in [1.807, 2.05) is 19.1 Å². The molecule has 1 heterocycles. The van der Waals surface area contributed by atoms with Crippen LogP contribution in [0.2, 0.25) is 0 Å². The van der Waals surface area contributed by atoms with E-state index in [1.54, 1.807) is 0 Å². The number of ether oxygens (including phenoxy) is 1. The van der Waals surface area contributed by atoms with Crippen LogP contribution in [-0.4, -0.2) is 24.7 Å². The van der Waals surface area contributed by atoms with E-state index in [4.69, 9.17) is 4.74 Å². The molecule has 0 aromatic heterocycles. The zero-order chi connectivity index (χ0) is 16.8. The minimum Gasteiger partial charge on any atom is -0.378 e. The molecule has 1 saturated heterocycles. The second kappa shape index (κ2) is 8.41. The molecular weight excluding hydrogens is 364 g/mol. The number of hydrogen-bond donors (Lipinski definition) is 2. The van der Waals surface area contributed by atoms with Crippen LogP contribution >= 0.6 is 27.7 Å². The molecule has 1 aliphatic rings. The Morgan fingerprint density at radius 2 is 2.05 bits per heavy atom. The summed E-state index contributed by atoms with van der Waals surface area (Å²) >= 11 is 4.38. The lowest BCUT2D eigenvalue weighted by atomic mass is 9.94. The first-order valence-electron chi connectivity index (χ1n) is 6.70. The highest BCUT2D eigenvalue weighted by molar-refractivity contribution is 9.14. The maximum absolute atomic E-state index is 12.3. The van der Waals surface area contributed by atoms with Crippen molar-refractivity contribution in [3.63, 3.8) is 0 Å². The van der Waals surface area contributed by atoms with Crippen LogP contribution in [0.5, 0.6) is 0 Å². The average Bonchev–Trinajstić information content (AvgIpc) is 2.87. The highest BCUT2D eigenvalue weighted by Gasteiger charge is 2.40. The third-order valence-electron chi connectivity index (χ3n) is 3.12. The van der Waals surface area contributed by atoms with Crippen molar-refractivity contribution in [1.82, 2.24) is 10.6 Å². The van der Waals surface area contributed by atoms with Crippen molar-refractivity contribution in [2.75, 3.05) is 13.2 Å². The Kier molecular flexibility index (Phi) is 7.19. The van der Waals surface area contributed by atoms with E-state index in [0.717, 1.165) is 0 Å². The molecule has 1 rings (SSSR count). The second-order valence-corrected chi connectivity index (χ2v) is 7.52. The molecule has 0 radical (unpaired) electrons. The van der Waals surface area contributed by atoms with Crippen molar-refractivity contribution in [2.45, 2.75) is 18.9 Å². The molecule has 1 amide bonds. The standard InChI is InChI=1S/C16H21BrN2O2S/c1-6-7-11(2)18-13(4)16(8-9-21-10-16)19-15(20)12(3)22-14(5)17/h6-7,18H,2-5,8-10H2,1H3,(H,19,20)/b7-6-. The van der Waals surface area contributed by atoms with Gasteiger partial charge >= 0.3 is 0 Å². The van der Waals surface area contributed by atoms with Gasteiger partial charge in [-0.1, -0.05) is 44.2 Å². The van der Waals surface area contributed by atoms with E-state index >= 15 is 0 Å². The Hall–Kier alpha value is -1.24. The highest BCUT2D eigenvalue weighted by atomic mass is 79.9. The Bertz CT molecular complexity index is 534. The fourth-order valence-corrected chi connectivity index (χ4v) is 3.00. The minimum absolute atomic E-state index is 0.268. The number of halogens is 1. The topological polar surface area (TPSA) is 50.4 Å². The monoisotopic (exact) mass is 384 g/mol. The summed E-state index contributed by atoms with van der Waals surface area (Å²) in [6.45, 7) is 18.2. The molecule has 1 aliphatic heterocycles. The van der Waals surface area contributed by atoms with Gasteiger partial charge in [0.2, 0.25) is 0 Å². The van der Waals surface area contributed by atoms with Gasteiger partial charge in [-0.3, -0.25) is 4.79 Å². The van der Waals surface area contributed by atoms with Gasteiger partial charge in [-0.05, 0) is 28.9 Å². The summed E-state index contributed by atoms with van der Waals surface area (Å²) in [5.41, 5.74) is 0.686. The maximum Gasteiger partial charge on any atom is 0.258 e. The van der Waals surface area contributed by atoms with E-state index in [2.05, 4.69) is 52.9 Å². The van der Waals surface area contributed by atoms with Gasteiger partial charge in [-0.25, -0.2) is 0 Å². The molecular formula is C16H21BrN2O2S. The summed E-state index contributed by atoms with van der Waals surface area (Å²) in [6, 6.07) is 0. The summed E-state index contributed by atoms with van der Waals surface area (Å²) in [6.07, 6.45) is 4.35. The van der Waals surface area contributed by atoms with Crippen molar-refractivity contribution >= 4 is 33.6 Å². The van der Waals surface area contributed by atoms with Gasteiger partial charge in [0, 0.05) is 28.2 Å².